The molecule has 0 aliphatic carbocycles. The van der Waals surface area contributed by atoms with E-state index in [1.54, 1.807) is 0 Å². The van der Waals surface area contributed by atoms with Gasteiger partial charge in [0, 0.05) is 6.92 Å². The van der Waals surface area contributed by atoms with Crippen LogP contribution in [0.2, 0.25) is 0 Å². The summed E-state index contributed by atoms with van der Waals surface area (Å²) in [5.74, 6) is -13.2. The number of hydrogen-bond donors (Lipinski definition) is 0. The maximum Gasteiger partial charge on any atom is 0.376 e. The number of ketones is 1. The van der Waals surface area contributed by atoms with E-state index in [4.69, 9.17) is 0 Å². The number of carbonyl (C=O) groups is 1. The second-order valence-electron chi connectivity index (χ2n) is 2.05. The second kappa shape index (κ2) is 2.95. The summed E-state index contributed by atoms with van der Waals surface area (Å²) >= 11 is 0. The van der Waals surface area contributed by atoms with Gasteiger partial charge in [0.1, 0.15) is 0 Å². The van der Waals surface area contributed by atoms with E-state index in [2.05, 4.69) is 0 Å². The van der Waals surface area contributed by atoms with Crippen molar-refractivity contribution in [2.45, 2.75) is 25.2 Å². The molecule has 0 spiro atoms. The van der Waals surface area contributed by atoms with Gasteiger partial charge in [0.25, 0.3) is 0 Å². The quantitative estimate of drug-likeness (QED) is 0.629. The van der Waals surface area contributed by atoms with Crippen molar-refractivity contribution in [1.82, 2.24) is 0 Å². The van der Waals surface area contributed by atoms with Crippen LogP contribution in [-0.4, -0.2) is 24.1 Å². The minimum absolute atomic E-state index is 0.121. The number of carbonyl (C=O) groups excluding carboxylic acids is 1. The standard InChI is InChI=1S/C5H4F6O/c1-2(12)4(8,9)5(10,11)3(6)7/h3H,1H3. The Morgan fingerprint density at radius 3 is 1.58 bits per heavy atom. The molecule has 0 aromatic rings. The highest BCUT2D eigenvalue weighted by molar-refractivity contribution is 5.84. The van der Waals surface area contributed by atoms with E-state index in [-0.39, 0.29) is 6.92 Å². The van der Waals surface area contributed by atoms with Crippen molar-refractivity contribution in [2.24, 2.45) is 0 Å². The Morgan fingerprint density at radius 1 is 1.17 bits per heavy atom. The molecule has 0 unspecified atom stereocenters. The van der Waals surface area contributed by atoms with Crippen molar-refractivity contribution in [3.05, 3.63) is 0 Å². The fourth-order valence-corrected chi connectivity index (χ4v) is 0.372. The first-order chi connectivity index (χ1) is 5.14. The lowest BCUT2D eigenvalue weighted by atomic mass is 10.1. The lowest BCUT2D eigenvalue weighted by Gasteiger charge is -2.22. The van der Waals surface area contributed by atoms with E-state index in [1.807, 2.05) is 0 Å². The average molecular weight is 194 g/mol. The molecule has 0 aliphatic heterocycles. The number of rotatable bonds is 3. The minimum Gasteiger partial charge on any atom is -0.293 e. The first-order valence-electron chi connectivity index (χ1n) is 2.69. The molecule has 1 nitrogen and oxygen atoms in total. The van der Waals surface area contributed by atoms with E-state index in [0.29, 0.717) is 0 Å². The van der Waals surface area contributed by atoms with Gasteiger partial charge in [0.05, 0.1) is 0 Å². The van der Waals surface area contributed by atoms with Crippen LogP contribution in [0.1, 0.15) is 6.92 Å². The van der Waals surface area contributed by atoms with Crippen LogP contribution < -0.4 is 0 Å². The van der Waals surface area contributed by atoms with Gasteiger partial charge in [-0.25, -0.2) is 8.78 Å². The normalized spacial score (nSPS) is 13.7. The zero-order valence-corrected chi connectivity index (χ0v) is 5.75. The van der Waals surface area contributed by atoms with E-state index in [9.17, 15) is 31.1 Å². The Kier molecular flexibility index (Phi) is 2.76. The van der Waals surface area contributed by atoms with Crippen molar-refractivity contribution in [2.75, 3.05) is 0 Å². The molecule has 0 aliphatic rings. The summed E-state index contributed by atoms with van der Waals surface area (Å²) in [6.07, 6.45) is -4.56. The van der Waals surface area contributed by atoms with E-state index < -0.39 is 24.1 Å². The molecule has 0 N–H and O–H groups in total. The zero-order chi connectivity index (χ0) is 10.2. The number of Topliss-reactive ketones (excluding diaryl/α,β-unsaturated/α-hetero) is 1. The molecule has 0 heterocycles. The van der Waals surface area contributed by atoms with E-state index in [1.165, 1.54) is 0 Å². The van der Waals surface area contributed by atoms with Crippen LogP contribution in [0.15, 0.2) is 0 Å². The Hall–Kier alpha value is -0.750. The van der Waals surface area contributed by atoms with Crippen molar-refractivity contribution in [3.63, 3.8) is 0 Å². The average Bonchev–Trinajstić information content (AvgIpc) is 1.86. The molecule has 7 heteroatoms. The monoisotopic (exact) mass is 194 g/mol. The van der Waals surface area contributed by atoms with Gasteiger partial charge in [-0.3, -0.25) is 4.79 Å². The molecule has 12 heavy (non-hydrogen) atoms. The van der Waals surface area contributed by atoms with Crippen LogP contribution >= 0.6 is 0 Å². The highest BCUT2D eigenvalue weighted by Crippen LogP contribution is 2.39. The second-order valence-corrected chi connectivity index (χ2v) is 2.05. The predicted molar refractivity (Wildman–Crippen MR) is 26.6 cm³/mol. The molecular weight excluding hydrogens is 190 g/mol. The zero-order valence-electron chi connectivity index (χ0n) is 5.75. The fourth-order valence-electron chi connectivity index (χ4n) is 0.372. The van der Waals surface area contributed by atoms with Gasteiger partial charge in [0.2, 0.25) is 5.78 Å². The fraction of sp³-hybridized carbons (Fsp3) is 0.800. The molecule has 0 atom stereocenters. The van der Waals surface area contributed by atoms with Gasteiger partial charge in [-0.1, -0.05) is 0 Å². The van der Waals surface area contributed by atoms with Gasteiger partial charge in [0.15, 0.2) is 0 Å². The van der Waals surface area contributed by atoms with E-state index >= 15 is 0 Å². The molecule has 0 saturated carbocycles. The lowest BCUT2D eigenvalue weighted by molar-refractivity contribution is -0.252. The van der Waals surface area contributed by atoms with Crippen LogP contribution in [0.5, 0.6) is 0 Å². The SMILES string of the molecule is CC(=O)C(F)(F)C(F)(F)C(F)F. The maximum atomic E-state index is 12.0. The summed E-state index contributed by atoms with van der Waals surface area (Å²) in [6, 6.07) is 0. The third-order valence-corrected chi connectivity index (χ3v) is 1.13. The molecule has 0 aromatic carbocycles. The topological polar surface area (TPSA) is 17.1 Å². The Labute approximate surface area is 63.4 Å². The van der Waals surface area contributed by atoms with Crippen LogP contribution in [0, 0.1) is 0 Å². The van der Waals surface area contributed by atoms with Crippen molar-refractivity contribution in [3.8, 4) is 0 Å². The van der Waals surface area contributed by atoms with Crippen molar-refractivity contribution in [1.29, 1.82) is 0 Å². The summed E-state index contributed by atoms with van der Waals surface area (Å²) in [6.45, 7) is 0.121. The summed E-state index contributed by atoms with van der Waals surface area (Å²) in [5.41, 5.74) is 0. The van der Waals surface area contributed by atoms with Gasteiger partial charge >= 0.3 is 18.3 Å². The highest BCUT2D eigenvalue weighted by Gasteiger charge is 2.65. The highest BCUT2D eigenvalue weighted by atomic mass is 19.3. The van der Waals surface area contributed by atoms with Crippen molar-refractivity contribution >= 4 is 5.78 Å². The maximum absolute atomic E-state index is 12.0. The molecule has 0 radical (unpaired) electrons. The molecule has 72 valence electrons. The largest absolute Gasteiger partial charge is 0.376 e. The Balaban J connectivity index is 4.88. The third-order valence-electron chi connectivity index (χ3n) is 1.13. The Morgan fingerprint density at radius 2 is 1.50 bits per heavy atom. The number of hydrogen-bond acceptors (Lipinski definition) is 1. The molecule has 0 saturated heterocycles. The summed E-state index contributed by atoms with van der Waals surface area (Å²) in [4.78, 5) is 9.85. The summed E-state index contributed by atoms with van der Waals surface area (Å²) < 4.78 is 70.3. The molecule has 0 rings (SSSR count). The first-order valence-corrected chi connectivity index (χ1v) is 2.69. The molecule has 0 aromatic heterocycles. The first kappa shape index (κ1) is 11.2. The summed E-state index contributed by atoms with van der Waals surface area (Å²) in [7, 11) is 0. The van der Waals surface area contributed by atoms with Crippen LogP contribution in [-0.2, 0) is 4.79 Å². The van der Waals surface area contributed by atoms with Crippen LogP contribution in [0.4, 0.5) is 26.3 Å². The molecular formula is C5H4F6O. The smallest absolute Gasteiger partial charge is 0.293 e. The lowest BCUT2D eigenvalue weighted by Crippen LogP contribution is -2.50. The van der Waals surface area contributed by atoms with Gasteiger partial charge in [-0.05, 0) is 0 Å². The van der Waals surface area contributed by atoms with Crippen LogP contribution in [0.3, 0.4) is 0 Å². The Bertz CT molecular complexity index is 186. The predicted octanol–water partition coefficient (Wildman–Crippen LogP) is 2.11. The molecule has 0 bridgehead atoms. The third kappa shape index (κ3) is 1.54. The molecule has 0 amide bonds. The number of halogens is 6. The molecule has 0 fully saturated rings. The minimum atomic E-state index is -5.60. The summed E-state index contributed by atoms with van der Waals surface area (Å²) in [5, 5.41) is 0. The van der Waals surface area contributed by atoms with Crippen LogP contribution in [0.25, 0.3) is 0 Å². The van der Waals surface area contributed by atoms with Gasteiger partial charge in [-0.2, -0.15) is 17.6 Å². The van der Waals surface area contributed by atoms with Gasteiger partial charge in [-0.15, -0.1) is 0 Å². The number of alkyl halides is 6. The van der Waals surface area contributed by atoms with Gasteiger partial charge < -0.3 is 0 Å². The van der Waals surface area contributed by atoms with Crippen molar-refractivity contribution < 1.29 is 31.1 Å². The van der Waals surface area contributed by atoms with E-state index in [0.717, 1.165) is 0 Å².